The number of nitrogens with one attached hydrogen (secondary N) is 2. The van der Waals surface area contributed by atoms with Crippen LogP contribution in [0.5, 0.6) is 0 Å². The summed E-state index contributed by atoms with van der Waals surface area (Å²) in [5, 5.41) is 7.79. The molecular weight excluding hydrogens is 220 g/mol. The molecule has 1 aliphatic carbocycles. The van der Waals surface area contributed by atoms with Crippen LogP contribution in [0.3, 0.4) is 0 Å². The largest absolute Gasteiger partial charge is 0.360 e. The molecule has 1 saturated carbocycles. The molecule has 0 atom stereocenters. The summed E-state index contributed by atoms with van der Waals surface area (Å²) in [5.74, 6) is 0.978. The van der Waals surface area contributed by atoms with Gasteiger partial charge in [0.15, 0.2) is 0 Å². The Morgan fingerprint density at radius 2 is 2.25 bits per heavy atom. The smallest absolute Gasteiger partial charge is 0.202 e. The van der Waals surface area contributed by atoms with E-state index in [-0.39, 0.29) is 0 Å². The van der Waals surface area contributed by atoms with Crippen LogP contribution < -0.4 is 10.6 Å². The van der Waals surface area contributed by atoms with Gasteiger partial charge in [-0.25, -0.2) is 4.98 Å². The molecule has 0 amide bonds. The molecule has 1 heterocycles. The molecule has 0 saturated heterocycles. The van der Waals surface area contributed by atoms with Crippen LogP contribution in [-0.2, 0) is 6.42 Å². The van der Waals surface area contributed by atoms with Crippen LogP contribution in [0.1, 0.15) is 38.4 Å². The molecule has 0 aliphatic heterocycles. The maximum Gasteiger partial charge on any atom is 0.202 e. The second-order valence-electron chi connectivity index (χ2n) is 4.27. The lowest BCUT2D eigenvalue weighted by Gasteiger charge is -2.02. The van der Waals surface area contributed by atoms with E-state index in [4.69, 9.17) is 0 Å². The minimum absolute atomic E-state index is 0.817. The molecule has 90 valence electrons. The maximum absolute atomic E-state index is 4.42. The van der Waals surface area contributed by atoms with E-state index in [2.05, 4.69) is 26.9 Å². The second kappa shape index (κ2) is 6.15. The predicted octanol–water partition coefficient (Wildman–Crippen LogP) is 2.04. The Morgan fingerprint density at radius 3 is 3.00 bits per heavy atom. The molecule has 5 heteroatoms. The molecule has 16 heavy (non-hydrogen) atoms. The van der Waals surface area contributed by atoms with Crippen LogP contribution in [0.2, 0.25) is 0 Å². The van der Waals surface area contributed by atoms with Crippen LogP contribution >= 0.6 is 11.5 Å². The van der Waals surface area contributed by atoms with Crippen molar-refractivity contribution in [3.05, 3.63) is 5.82 Å². The van der Waals surface area contributed by atoms with Crippen molar-refractivity contribution in [1.29, 1.82) is 0 Å². The van der Waals surface area contributed by atoms with Crippen molar-refractivity contribution in [2.75, 3.05) is 18.4 Å². The van der Waals surface area contributed by atoms with Crippen molar-refractivity contribution in [2.45, 2.75) is 45.1 Å². The van der Waals surface area contributed by atoms with Gasteiger partial charge in [0.1, 0.15) is 5.82 Å². The van der Waals surface area contributed by atoms with Gasteiger partial charge in [0.2, 0.25) is 5.13 Å². The quantitative estimate of drug-likeness (QED) is 0.683. The van der Waals surface area contributed by atoms with Gasteiger partial charge in [-0.2, -0.15) is 4.37 Å². The molecule has 1 aromatic heterocycles. The lowest BCUT2D eigenvalue weighted by molar-refractivity contribution is 0.659. The van der Waals surface area contributed by atoms with Gasteiger partial charge in [0, 0.05) is 30.5 Å². The van der Waals surface area contributed by atoms with Gasteiger partial charge in [-0.3, -0.25) is 0 Å². The highest BCUT2D eigenvalue weighted by atomic mass is 32.1. The van der Waals surface area contributed by atoms with Gasteiger partial charge in [0.05, 0.1) is 0 Å². The van der Waals surface area contributed by atoms with E-state index in [0.29, 0.717) is 0 Å². The Morgan fingerprint density at radius 1 is 1.38 bits per heavy atom. The maximum atomic E-state index is 4.42. The van der Waals surface area contributed by atoms with Crippen molar-refractivity contribution in [3.8, 4) is 0 Å². The fourth-order valence-corrected chi connectivity index (χ4v) is 2.17. The number of rotatable bonds is 8. The molecule has 0 unspecified atom stereocenters. The zero-order valence-electron chi connectivity index (χ0n) is 9.83. The molecule has 0 aromatic carbocycles. The van der Waals surface area contributed by atoms with E-state index in [1.807, 2.05) is 0 Å². The summed E-state index contributed by atoms with van der Waals surface area (Å²) in [6.45, 7) is 4.25. The normalized spacial score (nSPS) is 15.3. The monoisotopic (exact) mass is 240 g/mol. The molecule has 1 fully saturated rings. The number of hydrogen-bond donors (Lipinski definition) is 2. The predicted molar refractivity (Wildman–Crippen MR) is 68.0 cm³/mol. The van der Waals surface area contributed by atoms with Gasteiger partial charge >= 0.3 is 0 Å². The van der Waals surface area contributed by atoms with Gasteiger partial charge < -0.3 is 10.6 Å². The average Bonchev–Trinajstić information content (AvgIpc) is 2.99. The summed E-state index contributed by atoms with van der Waals surface area (Å²) in [6.07, 6.45) is 5.98. The first kappa shape index (κ1) is 11.8. The number of aryl methyl sites for hydroxylation is 1. The molecule has 0 radical (unpaired) electrons. The third-order valence-corrected chi connectivity index (χ3v) is 3.29. The lowest BCUT2D eigenvalue weighted by atomic mass is 10.3. The Hall–Kier alpha value is -0.680. The van der Waals surface area contributed by atoms with E-state index < -0.39 is 0 Å². The first-order valence-electron chi connectivity index (χ1n) is 6.18. The number of anilines is 1. The summed E-state index contributed by atoms with van der Waals surface area (Å²) in [7, 11) is 0. The topological polar surface area (TPSA) is 49.8 Å². The molecule has 0 bridgehead atoms. The van der Waals surface area contributed by atoms with Crippen molar-refractivity contribution >= 4 is 16.7 Å². The Balaban J connectivity index is 1.56. The van der Waals surface area contributed by atoms with Gasteiger partial charge in [-0.1, -0.05) is 6.92 Å². The summed E-state index contributed by atoms with van der Waals surface area (Å²) in [5.41, 5.74) is 0. The van der Waals surface area contributed by atoms with Crippen LogP contribution in [0, 0.1) is 0 Å². The lowest BCUT2D eigenvalue weighted by Crippen LogP contribution is -2.19. The van der Waals surface area contributed by atoms with E-state index in [1.54, 1.807) is 0 Å². The van der Waals surface area contributed by atoms with Crippen molar-refractivity contribution in [3.63, 3.8) is 0 Å². The van der Waals surface area contributed by atoms with E-state index in [9.17, 15) is 0 Å². The Labute approximate surface area is 101 Å². The fourth-order valence-electron chi connectivity index (χ4n) is 1.53. The van der Waals surface area contributed by atoms with E-state index >= 15 is 0 Å². The van der Waals surface area contributed by atoms with E-state index in [1.165, 1.54) is 24.4 Å². The highest BCUT2D eigenvalue weighted by molar-refractivity contribution is 7.09. The van der Waals surface area contributed by atoms with E-state index in [0.717, 1.165) is 49.3 Å². The van der Waals surface area contributed by atoms with Gasteiger partial charge in [0.25, 0.3) is 0 Å². The SMILES string of the molecule is CCCc1nsc(NCCCNC2CC2)n1. The zero-order chi connectivity index (χ0) is 11.2. The Bertz CT molecular complexity index is 309. The molecule has 4 nitrogen and oxygen atoms in total. The number of nitrogens with zero attached hydrogens (tertiary/aromatic N) is 2. The van der Waals surface area contributed by atoms with Gasteiger partial charge in [-0.15, -0.1) is 0 Å². The number of aromatic nitrogens is 2. The first-order valence-corrected chi connectivity index (χ1v) is 6.95. The molecule has 2 rings (SSSR count). The molecule has 0 spiro atoms. The summed E-state index contributed by atoms with van der Waals surface area (Å²) >= 11 is 1.47. The molecule has 1 aromatic rings. The third-order valence-electron chi connectivity index (χ3n) is 2.58. The highest BCUT2D eigenvalue weighted by Crippen LogP contribution is 2.18. The molecular formula is C11H20N4S. The first-order chi connectivity index (χ1) is 7.88. The minimum Gasteiger partial charge on any atom is -0.360 e. The average molecular weight is 240 g/mol. The van der Waals surface area contributed by atoms with Crippen molar-refractivity contribution in [1.82, 2.24) is 14.7 Å². The summed E-state index contributed by atoms with van der Waals surface area (Å²) < 4.78 is 4.30. The summed E-state index contributed by atoms with van der Waals surface area (Å²) in [6, 6.07) is 0.817. The second-order valence-corrected chi connectivity index (χ2v) is 5.03. The highest BCUT2D eigenvalue weighted by Gasteiger charge is 2.19. The van der Waals surface area contributed by atoms with Crippen LogP contribution in [0.25, 0.3) is 0 Å². The molecule has 1 aliphatic rings. The molecule has 2 N–H and O–H groups in total. The standard InChI is InChI=1S/C11H20N4S/c1-2-4-10-14-11(16-15-10)13-8-3-7-12-9-5-6-9/h9,12H,2-8H2,1H3,(H,13,14,15). The third kappa shape index (κ3) is 4.06. The van der Waals surface area contributed by atoms with Crippen molar-refractivity contribution in [2.24, 2.45) is 0 Å². The van der Waals surface area contributed by atoms with Gasteiger partial charge in [-0.05, 0) is 32.2 Å². The van der Waals surface area contributed by atoms with Crippen LogP contribution in [0.15, 0.2) is 0 Å². The fraction of sp³-hybridized carbons (Fsp3) is 0.818. The zero-order valence-corrected chi connectivity index (χ0v) is 10.6. The van der Waals surface area contributed by atoms with Crippen molar-refractivity contribution < 1.29 is 0 Å². The minimum atomic E-state index is 0.817. The Kier molecular flexibility index (Phi) is 4.54. The summed E-state index contributed by atoms with van der Waals surface area (Å²) in [4.78, 5) is 4.42. The van der Waals surface area contributed by atoms with Crippen LogP contribution in [-0.4, -0.2) is 28.5 Å². The number of hydrogen-bond acceptors (Lipinski definition) is 5. The van der Waals surface area contributed by atoms with Crippen LogP contribution in [0.4, 0.5) is 5.13 Å².